The second kappa shape index (κ2) is 6.86. The van der Waals surface area contributed by atoms with Crippen molar-refractivity contribution in [3.05, 3.63) is 41.0 Å². The van der Waals surface area contributed by atoms with Gasteiger partial charge in [-0.3, -0.25) is 0 Å². The average molecular weight is 308 g/mol. The van der Waals surface area contributed by atoms with Gasteiger partial charge in [0.15, 0.2) is 0 Å². The Bertz CT molecular complexity index is 644. The molecule has 1 atom stereocenters. The van der Waals surface area contributed by atoms with E-state index in [4.69, 9.17) is 9.84 Å². The third-order valence-electron chi connectivity index (χ3n) is 2.76. The number of aromatic carboxylic acids is 2. The zero-order valence-corrected chi connectivity index (χ0v) is 12.1. The van der Waals surface area contributed by atoms with Gasteiger partial charge in [-0.15, -0.1) is 0 Å². The molecule has 0 amide bonds. The average Bonchev–Trinajstić information content (AvgIpc) is 2.38. The van der Waals surface area contributed by atoms with E-state index in [1.807, 2.05) is 0 Å². The van der Waals surface area contributed by atoms with Gasteiger partial charge in [-0.25, -0.2) is 14.4 Å². The maximum absolute atomic E-state index is 11.6. The minimum absolute atomic E-state index is 0.0583. The van der Waals surface area contributed by atoms with Crippen LogP contribution in [0.2, 0.25) is 0 Å². The number of carbonyl (C=O) groups is 3. The van der Waals surface area contributed by atoms with Crippen LogP contribution in [0.3, 0.4) is 0 Å². The number of hydrogen-bond donors (Lipinski definition) is 3. The first-order valence-corrected chi connectivity index (χ1v) is 6.33. The Morgan fingerprint density at radius 2 is 1.82 bits per heavy atom. The van der Waals surface area contributed by atoms with Crippen molar-refractivity contribution in [3.63, 3.8) is 0 Å². The van der Waals surface area contributed by atoms with Gasteiger partial charge in [0, 0.05) is 17.6 Å². The first-order valence-electron chi connectivity index (χ1n) is 6.33. The van der Waals surface area contributed by atoms with Crippen LogP contribution < -0.4 is 4.74 Å². The lowest BCUT2D eigenvalue weighted by molar-refractivity contribution is -0.130. The van der Waals surface area contributed by atoms with Crippen LogP contribution in [0.4, 0.5) is 0 Å². The second-order valence-electron chi connectivity index (χ2n) is 4.80. The number of esters is 1. The molecule has 0 aliphatic rings. The van der Waals surface area contributed by atoms with E-state index in [0.717, 1.165) is 6.07 Å². The van der Waals surface area contributed by atoms with Crippen molar-refractivity contribution in [2.75, 3.05) is 0 Å². The summed E-state index contributed by atoms with van der Waals surface area (Å²) in [4.78, 5) is 34.2. The SMILES string of the molecule is C=C(C)C(=O)Oc1ccc(C(=O)O)c(C(=O)O)c1CC(C)O. The molecule has 3 N–H and O–H groups in total. The van der Waals surface area contributed by atoms with Crippen LogP contribution in [-0.4, -0.2) is 39.3 Å². The van der Waals surface area contributed by atoms with Crippen LogP contribution in [0.15, 0.2) is 24.3 Å². The Balaban J connectivity index is 3.53. The molecule has 0 aromatic heterocycles. The highest BCUT2D eigenvalue weighted by Crippen LogP contribution is 2.28. The topological polar surface area (TPSA) is 121 Å². The molecule has 0 saturated heterocycles. The lowest BCUT2D eigenvalue weighted by atomic mass is 9.96. The van der Waals surface area contributed by atoms with E-state index in [1.54, 1.807) is 0 Å². The molecular formula is C15H16O7. The molecule has 0 heterocycles. The summed E-state index contributed by atoms with van der Waals surface area (Å²) in [6.45, 7) is 6.23. The number of ether oxygens (including phenoxy) is 1. The number of rotatable bonds is 6. The molecule has 0 aliphatic heterocycles. The van der Waals surface area contributed by atoms with Crippen molar-refractivity contribution in [3.8, 4) is 5.75 Å². The molecule has 0 bridgehead atoms. The Hall–Kier alpha value is -2.67. The van der Waals surface area contributed by atoms with Crippen LogP contribution in [0.1, 0.15) is 40.1 Å². The zero-order valence-electron chi connectivity index (χ0n) is 12.1. The highest BCUT2D eigenvalue weighted by atomic mass is 16.5. The van der Waals surface area contributed by atoms with Crippen molar-refractivity contribution >= 4 is 17.9 Å². The van der Waals surface area contributed by atoms with E-state index in [0.29, 0.717) is 0 Å². The summed E-state index contributed by atoms with van der Waals surface area (Å²) in [6, 6.07) is 2.23. The molecule has 0 radical (unpaired) electrons. The van der Waals surface area contributed by atoms with Crippen LogP contribution >= 0.6 is 0 Å². The summed E-state index contributed by atoms with van der Waals surface area (Å²) in [5.41, 5.74) is -0.919. The molecule has 118 valence electrons. The standard InChI is InChI=1S/C15H16O7/c1-7(2)15(21)22-11-5-4-9(13(17)18)12(14(19)20)10(11)6-8(3)16/h4-5,8,16H,1,6H2,2-3H3,(H,17,18)(H,19,20). The quantitative estimate of drug-likeness (QED) is 0.413. The van der Waals surface area contributed by atoms with Crippen molar-refractivity contribution in [2.24, 2.45) is 0 Å². The number of aliphatic hydroxyl groups is 1. The van der Waals surface area contributed by atoms with Crippen molar-refractivity contribution < 1.29 is 34.4 Å². The highest BCUT2D eigenvalue weighted by Gasteiger charge is 2.25. The molecule has 22 heavy (non-hydrogen) atoms. The van der Waals surface area contributed by atoms with E-state index in [-0.39, 0.29) is 23.3 Å². The van der Waals surface area contributed by atoms with Gasteiger partial charge in [-0.2, -0.15) is 0 Å². The summed E-state index contributed by atoms with van der Waals surface area (Å²) >= 11 is 0. The van der Waals surface area contributed by atoms with Crippen molar-refractivity contribution in [1.29, 1.82) is 0 Å². The van der Waals surface area contributed by atoms with Gasteiger partial charge in [-0.05, 0) is 26.0 Å². The summed E-state index contributed by atoms with van der Waals surface area (Å²) in [7, 11) is 0. The van der Waals surface area contributed by atoms with Gasteiger partial charge >= 0.3 is 17.9 Å². The zero-order chi connectivity index (χ0) is 17.0. The third-order valence-corrected chi connectivity index (χ3v) is 2.76. The van der Waals surface area contributed by atoms with Crippen LogP contribution in [0, 0.1) is 0 Å². The summed E-state index contributed by atoms with van der Waals surface area (Å²) in [6.07, 6.45) is -1.13. The van der Waals surface area contributed by atoms with E-state index >= 15 is 0 Å². The molecule has 0 aliphatic carbocycles. The number of aliphatic hydroxyl groups excluding tert-OH is 1. The van der Waals surface area contributed by atoms with Gasteiger partial charge < -0.3 is 20.1 Å². The Morgan fingerprint density at radius 1 is 1.23 bits per heavy atom. The maximum atomic E-state index is 11.6. The molecule has 0 spiro atoms. The molecule has 7 heteroatoms. The maximum Gasteiger partial charge on any atom is 0.338 e. The molecule has 7 nitrogen and oxygen atoms in total. The minimum atomic E-state index is -1.48. The fourth-order valence-corrected chi connectivity index (χ4v) is 1.83. The van der Waals surface area contributed by atoms with E-state index in [2.05, 4.69) is 6.58 Å². The molecule has 1 unspecified atom stereocenters. The summed E-state index contributed by atoms with van der Waals surface area (Å²) < 4.78 is 5.03. The number of benzene rings is 1. The van der Waals surface area contributed by atoms with Gasteiger partial charge in [0.1, 0.15) is 5.75 Å². The molecule has 0 fully saturated rings. The normalized spacial score (nSPS) is 11.6. The largest absolute Gasteiger partial charge is 0.478 e. The van der Waals surface area contributed by atoms with Crippen LogP contribution in [0.25, 0.3) is 0 Å². The Kier molecular flexibility index (Phi) is 5.42. The first-order chi connectivity index (χ1) is 10.1. The van der Waals surface area contributed by atoms with Gasteiger partial charge in [-0.1, -0.05) is 6.58 Å². The number of carboxylic acids is 2. The second-order valence-corrected chi connectivity index (χ2v) is 4.80. The Labute approximate surface area is 126 Å². The van der Waals surface area contributed by atoms with E-state index in [1.165, 1.54) is 19.9 Å². The van der Waals surface area contributed by atoms with Crippen molar-refractivity contribution in [2.45, 2.75) is 26.4 Å². The van der Waals surface area contributed by atoms with Crippen molar-refractivity contribution in [1.82, 2.24) is 0 Å². The number of carboxylic acid groups (broad SMARTS) is 2. The predicted octanol–water partition coefficient (Wildman–Crippen LogP) is 1.49. The first kappa shape index (κ1) is 17.4. The van der Waals surface area contributed by atoms with Crippen LogP contribution in [0.5, 0.6) is 5.75 Å². The summed E-state index contributed by atoms with van der Waals surface area (Å²) in [5, 5.41) is 27.9. The molecule has 0 saturated carbocycles. The molecule has 1 aromatic rings. The lowest BCUT2D eigenvalue weighted by Gasteiger charge is -2.16. The minimum Gasteiger partial charge on any atom is -0.478 e. The smallest absolute Gasteiger partial charge is 0.338 e. The monoisotopic (exact) mass is 308 g/mol. The molecule has 1 rings (SSSR count). The van der Waals surface area contributed by atoms with E-state index in [9.17, 15) is 24.6 Å². The summed E-state index contributed by atoms with van der Waals surface area (Å²) in [5.74, 6) is -3.80. The lowest BCUT2D eigenvalue weighted by Crippen LogP contribution is -2.18. The third kappa shape index (κ3) is 3.92. The number of carbonyl (C=O) groups excluding carboxylic acids is 1. The van der Waals surface area contributed by atoms with Gasteiger partial charge in [0.05, 0.1) is 17.2 Å². The Morgan fingerprint density at radius 3 is 2.23 bits per heavy atom. The molecular weight excluding hydrogens is 292 g/mol. The molecule has 1 aromatic carbocycles. The van der Waals surface area contributed by atoms with Gasteiger partial charge in [0.2, 0.25) is 0 Å². The predicted molar refractivity (Wildman–Crippen MR) is 76.2 cm³/mol. The highest BCUT2D eigenvalue weighted by molar-refractivity contribution is 6.03. The van der Waals surface area contributed by atoms with E-state index < -0.39 is 35.1 Å². The fourth-order valence-electron chi connectivity index (χ4n) is 1.83. The number of hydrogen-bond acceptors (Lipinski definition) is 5. The fraction of sp³-hybridized carbons (Fsp3) is 0.267. The van der Waals surface area contributed by atoms with Gasteiger partial charge in [0.25, 0.3) is 0 Å². The van der Waals surface area contributed by atoms with Crippen LogP contribution in [-0.2, 0) is 11.2 Å².